The van der Waals surface area contributed by atoms with Crippen LogP contribution in [0.5, 0.6) is 11.5 Å². The van der Waals surface area contributed by atoms with Crippen LogP contribution in [0.4, 0.5) is 0 Å². The molecule has 0 unspecified atom stereocenters. The second kappa shape index (κ2) is 6.19. The fraction of sp³-hybridized carbons (Fsp3) is 0.385. The van der Waals surface area contributed by atoms with Crippen LogP contribution in [0.2, 0.25) is 0 Å². The lowest BCUT2D eigenvalue weighted by atomic mass is 10.2. The maximum Gasteiger partial charge on any atom is 0.223 e. The average Bonchev–Trinajstić information content (AvgIpc) is 2.83. The van der Waals surface area contributed by atoms with E-state index < -0.39 is 0 Å². The molecule has 0 aliphatic heterocycles. The number of aromatic nitrogens is 2. The zero-order chi connectivity index (χ0) is 13.7. The lowest BCUT2D eigenvalue weighted by molar-refractivity contribution is 0.256. The van der Waals surface area contributed by atoms with E-state index in [9.17, 15) is 0 Å². The second-order valence-electron chi connectivity index (χ2n) is 3.90. The highest BCUT2D eigenvalue weighted by Crippen LogP contribution is 2.31. The molecule has 6 heteroatoms. The van der Waals surface area contributed by atoms with Gasteiger partial charge in [0, 0.05) is 19.0 Å². The minimum atomic E-state index is 0.217. The molecule has 0 spiro atoms. The van der Waals surface area contributed by atoms with Gasteiger partial charge in [0.05, 0.1) is 6.61 Å². The van der Waals surface area contributed by atoms with Gasteiger partial charge in [-0.2, -0.15) is 4.98 Å². The molecule has 0 amide bonds. The van der Waals surface area contributed by atoms with E-state index in [2.05, 4.69) is 10.1 Å². The normalized spacial score (nSPS) is 10.5. The predicted octanol–water partition coefficient (Wildman–Crippen LogP) is 1.81. The summed E-state index contributed by atoms with van der Waals surface area (Å²) in [6, 6.07) is 5.64. The summed E-state index contributed by atoms with van der Waals surface area (Å²) in [5, 5.41) is 3.78. The quantitative estimate of drug-likeness (QED) is 0.855. The minimum Gasteiger partial charge on any atom is -0.490 e. The van der Waals surface area contributed by atoms with Crippen molar-refractivity contribution in [2.75, 3.05) is 6.61 Å². The van der Waals surface area contributed by atoms with E-state index in [4.69, 9.17) is 19.7 Å². The van der Waals surface area contributed by atoms with E-state index in [1.54, 1.807) is 6.92 Å². The number of hydrogen-bond acceptors (Lipinski definition) is 6. The van der Waals surface area contributed by atoms with Crippen LogP contribution in [-0.2, 0) is 13.2 Å². The molecule has 102 valence electrons. The molecular weight excluding hydrogens is 246 g/mol. The Kier molecular flexibility index (Phi) is 4.35. The number of ether oxygens (including phenoxy) is 2. The Bertz CT molecular complexity index is 540. The van der Waals surface area contributed by atoms with Crippen molar-refractivity contribution in [3.05, 3.63) is 35.5 Å². The van der Waals surface area contributed by atoms with Gasteiger partial charge >= 0.3 is 0 Å². The second-order valence-corrected chi connectivity index (χ2v) is 3.90. The molecule has 0 radical (unpaired) electrons. The molecule has 0 aliphatic carbocycles. The third-order valence-electron chi connectivity index (χ3n) is 2.50. The Labute approximate surface area is 111 Å². The van der Waals surface area contributed by atoms with Crippen molar-refractivity contribution >= 4 is 0 Å². The number of hydrogen-bond donors (Lipinski definition) is 1. The van der Waals surface area contributed by atoms with Gasteiger partial charge in [-0.25, -0.2) is 0 Å². The molecule has 2 N–H and O–H groups in total. The molecule has 0 bridgehead atoms. The van der Waals surface area contributed by atoms with Gasteiger partial charge < -0.3 is 19.7 Å². The molecule has 1 aromatic carbocycles. The molecule has 6 nitrogen and oxygen atoms in total. The van der Waals surface area contributed by atoms with E-state index >= 15 is 0 Å². The molecule has 0 saturated heterocycles. The smallest absolute Gasteiger partial charge is 0.223 e. The number of nitrogens with two attached hydrogens (primary N) is 1. The van der Waals surface area contributed by atoms with E-state index in [0.29, 0.717) is 36.4 Å². The van der Waals surface area contributed by atoms with Crippen LogP contribution in [0.1, 0.15) is 24.2 Å². The van der Waals surface area contributed by atoms with Gasteiger partial charge in [-0.1, -0.05) is 17.3 Å². The first-order chi connectivity index (χ1) is 9.24. The van der Waals surface area contributed by atoms with E-state index in [0.717, 1.165) is 5.56 Å². The molecule has 0 saturated carbocycles. The standard InChI is InChI=1S/C13H17N3O3/c1-3-17-11-6-4-5-10(7-14)13(11)18-8-12-15-9(2)19-16-12/h4-6H,3,7-8,14H2,1-2H3. The molecule has 0 fully saturated rings. The zero-order valence-corrected chi connectivity index (χ0v) is 11.0. The van der Waals surface area contributed by atoms with Crippen molar-refractivity contribution in [1.82, 2.24) is 10.1 Å². The number of aryl methyl sites for hydroxylation is 1. The SMILES string of the molecule is CCOc1cccc(CN)c1OCc1noc(C)n1. The number of rotatable bonds is 6. The summed E-state index contributed by atoms with van der Waals surface area (Å²) in [6.45, 7) is 4.80. The van der Waals surface area contributed by atoms with Gasteiger partial charge in [0.15, 0.2) is 18.1 Å². The fourth-order valence-corrected chi connectivity index (χ4v) is 1.69. The van der Waals surface area contributed by atoms with Crippen LogP contribution in [0, 0.1) is 6.92 Å². The molecule has 0 aliphatic rings. The molecular formula is C13H17N3O3. The van der Waals surface area contributed by atoms with Crippen molar-refractivity contribution in [2.45, 2.75) is 27.0 Å². The van der Waals surface area contributed by atoms with Crippen LogP contribution in [0.3, 0.4) is 0 Å². The van der Waals surface area contributed by atoms with Gasteiger partial charge in [0.25, 0.3) is 0 Å². The Balaban J connectivity index is 2.17. The maximum absolute atomic E-state index is 5.72. The average molecular weight is 263 g/mol. The van der Waals surface area contributed by atoms with E-state index in [1.165, 1.54) is 0 Å². The third kappa shape index (κ3) is 3.23. The first-order valence-corrected chi connectivity index (χ1v) is 6.11. The van der Waals surface area contributed by atoms with Crippen LogP contribution in [0.25, 0.3) is 0 Å². The minimum absolute atomic E-state index is 0.217. The number of para-hydroxylation sites is 1. The van der Waals surface area contributed by atoms with Crippen molar-refractivity contribution in [3.63, 3.8) is 0 Å². The highest BCUT2D eigenvalue weighted by atomic mass is 16.5. The van der Waals surface area contributed by atoms with Crippen LogP contribution in [0.15, 0.2) is 22.7 Å². The molecule has 19 heavy (non-hydrogen) atoms. The topological polar surface area (TPSA) is 83.4 Å². The van der Waals surface area contributed by atoms with Crippen LogP contribution < -0.4 is 15.2 Å². The van der Waals surface area contributed by atoms with Crippen LogP contribution in [-0.4, -0.2) is 16.7 Å². The first kappa shape index (κ1) is 13.4. The summed E-state index contributed by atoms with van der Waals surface area (Å²) in [6.07, 6.45) is 0. The fourth-order valence-electron chi connectivity index (χ4n) is 1.69. The molecule has 2 aromatic rings. The predicted molar refractivity (Wildman–Crippen MR) is 68.9 cm³/mol. The third-order valence-corrected chi connectivity index (χ3v) is 2.50. The van der Waals surface area contributed by atoms with Crippen LogP contribution >= 0.6 is 0 Å². The van der Waals surface area contributed by atoms with E-state index in [1.807, 2.05) is 25.1 Å². The van der Waals surface area contributed by atoms with Gasteiger partial charge in [0.1, 0.15) is 0 Å². The van der Waals surface area contributed by atoms with Crippen molar-refractivity contribution in [2.24, 2.45) is 5.73 Å². The molecule has 0 atom stereocenters. The number of nitrogens with zero attached hydrogens (tertiary/aromatic N) is 2. The summed E-state index contributed by atoms with van der Waals surface area (Å²) in [5.74, 6) is 2.31. The Morgan fingerprint density at radius 3 is 2.79 bits per heavy atom. The Morgan fingerprint density at radius 2 is 2.16 bits per heavy atom. The van der Waals surface area contributed by atoms with Gasteiger partial charge in [0.2, 0.25) is 11.7 Å². The summed E-state index contributed by atoms with van der Waals surface area (Å²) < 4.78 is 16.1. The van der Waals surface area contributed by atoms with Gasteiger partial charge in [-0.05, 0) is 13.0 Å². The first-order valence-electron chi connectivity index (χ1n) is 6.11. The lowest BCUT2D eigenvalue weighted by Gasteiger charge is -2.14. The molecule has 1 aromatic heterocycles. The number of benzene rings is 1. The summed E-state index contributed by atoms with van der Waals surface area (Å²) in [5.41, 5.74) is 6.58. The zero-order valence-electron chi connectivity index (χ0n) is 11.0. The largest absolute Gasteiger partial charge is 0.490 e. The summed E-state index contributed by atoms with van der Waals surface area (Å²) in [7, 11) is 0. The summed E-state index contributed by atoms with van der Waals surface area (Å²) >= 11 is 0. The Hall–Kier alpha value is -2.08. The maximum atomic E-state index is 5.72. The van der Waals surface area contributed by atoms with Gasteiger partial charge in [-0.3, -0.25) is 0 Å². The lowest BCUT2D eigenvalue weighted by Crippen LogP contribution is -2.06. The Morgan fingerprint density at radius 1 is 1.32 bits per heavy atom. The molecule has 1 heterocycles. The highest BCUT2D eigenvalue weighted by molar-refractivity contribution is 5.46. The van der Waals surface area contributed by atoms with Crippen molar-refractivity contribution in [3.8, 4) is 11.5 Å². The highest BCUT2D eigenvalue weighted by Gasteiger charge is 2.12. The monoisotopic (exact) mass is 263 g/mol. The van der Waals surface area contributed by atoms with Crippen molar-refractivity contribution < 1.29 is 14.0 Å². The summed E-state index contributed by atoms with van der Waals surface area (Å²) in [4.78, 5) is 4.08. The van der Waals surface area contributed by atoms with Crippen molar-refractivity contribution in [1.29, 1.82) is 0 Å². The van der Waals surface area contributed by atoms with E-state index in [-0.39, 0.29) is 6.61 Å². The van der Waals surface area contributed by atoms with Gasteiger partial charge in [-0.15, -0.1) is 0 Å². The molecule has 2 rings (SSSR count).